The number of rotatable bonds is 10. The predicted octanol–water partition coefficient (Wildman–Crippen LogP) is 5.07. The summed E-state index contributed by atoms with van der Waals surface area (Å²) in [5.41, 5.74) is 7.11. The van der Waals surface area contributed by atoms with E-state index < -0.39 is 0 Å². The molecule has 0 radical (unpaired) electrons. The highest BCUT2D eigenvalue weighted by atomic mass is 16.2. The first-order chi connectivity index (χ1) is 18.9. The molecule has 0 fully saturated rings. The van der Waals surface area contributed by atoms with Crippen molar-refractivity contribution in [3.05, 3.63) is 77.1 Å². The summed E-state index contributed by atoms with van der Waals surface area (Å²) >= 11 is 0. The molecule has 0 saturated heterocycles. The van der Waals surface area contributed by atoms with E-state index in [-0.39, 0.29) is 11.7 Å². The highest BCUT2D eigenvalue weighted by Crippen LogP contribution is 2.37. The highest BCUT2D eigenvalue weighted by molar-refractivity contribution is 6.35. The van der Waals surface area contributed by atoms with Crippen LogP contribution in [-0.4, -0.2) is 61.0 Å². The third-order valence-electron chi connectivity index (χ3n) is 7.29. The number of aromatic nitrogens is 5. The summed E-state index contributed by atoms with van der Waals surface area (Å²) in [6.07, 6.45) is 10.1. The van der Waals surface area contributed by atoms with Crippen LogP contribution in [0.4, 0.5) is 5.69 Å². The number of nitrogens with one attached hydrogen (secondary N) is 2. The lowest BCUT2D eigenvalue weighted by molar-refractivity contribution is -0.110. The minimum absolute atomic E-state index is 0.135. The highest BCUT2D eigenvalue weighted by Gasteiger charge is 2.26. The van der Waals surface area contributed by atoms with Crippen LogP contribution in [0, 0.1) is 13.8 Å². The fourth-order valence-corrected chi connectivity index (χ4v) is 5.11. The summed E-state index contributed by atoms with van der Waals surface area (Å²) in [7, 11) is 0. The van der Waals surface area contributed by atoms with Gasteiger partial charge in [0.15, 0.2) is 5.78 Å². The molecule has 0 spiro atoms. The van der Waals surface area contributed by atoms with E-state index in [1.165, 1.54) is 0 Å². The number of hydrogen-bond donors (Lipinski definition) is 2. The summed E-state index contributed by atoms with van der Waals surface area (Å²) in [6, 6.07) is 7.59. The van der Waals surface area contributed by atoms with Gasteiger partial charge < -0.3 is 15.2 Å². The molecule has 9 nitrogen and oxygen atoms in total. The monoisotopic (exact) mass is 523 g/mol. The first-order valence-electron chi connectivity index (χ1n) is 13.3. The quantitative estimate of drug-likeness (QED) is 0.222. The second kappa shape index (κ2) is 11.2. The van der Waals surface area contributed by atoms with Crippen LogP contribution in [0.3, 0.4) is 0 Å². The lowest BCUT2D eigenvalue weighted by Gasteiger charge is -2.17. The molecule has 1 aliphatic heterocycles. The van der Waals surface area contributed by atoms with Crippen molar-refractivity contribution in [2.75, 3.05) is 25.0 Å². The smallest absolute Gasteiger partial charge is 0.256 e. The molecule has 1 aromatic carbocycles. The maximum Gasteiger partial charge on any atom is 0.256 e. The Morgan fingerprint density at radius 3 is 2.62 bits per heavy atom. The van der Waals surface area contributed by atoms with E-state index in [0.717, 1.165) is 70.9 Å². The Balaban J connectivity index is 1.41. The topological polar surface area (TPSA) is 109 Å². The molecule has 0 atom stereocenters. The molecule has 5 rings (SSSR count). The van der Waals surface area contributed by atoms with Crippen molar-refractivity contribution < 1.29 is 9.59 Å². The molecule has 0 unspecified atom stereocenters. The van der Waals surface area contributed by atoms with Crippen LogP contribution in [0.15, 0.2) is 49.1 Å². The molecular formula is C30H33N7O2. The molecule has 2 N–H and O–H groups in total. The summed E-state index contributed by atoms with van der Waals surface area (Å²) in [6.45, 7) is 11.0. The normalized spacial score (nSPS) is 13.8. The number of aryl methyl sites for hydroxylation is 1. The third kappa shape index (κ3) is 5.31. The maximum absolute atomic E-state index is 13.1. The van der Waals surface area contributed by atoms with Crippen LogP contribution in [0.2, 0.25) is 0 Å². The van der Waals surface area contributed by atoms with E-state index in [9.17, 15) is 9.59 Å². The Kier molecular flexibility index (Phi) is 7.51. The van der Waals surface area contributed by atoms with Crippen molar-refractivity contribution in [1.29, 1.82) is 0 Å². The number of anilines is 1. The minimum Gasteiger partial charge on any atom is -0.358 e. The zero-order valence-electron chi connectivity index (χ0n) is 22.8. The molecule has 1 amide bonds. The first-order valence-corrected chi connectivity index (χ1v) is 13.3. The van der Waals surface area contributed by atoms with E-state index in [0.29, 0.717) is 17.9 Å². The number of aromatic amines is 1. The SMILES string of the molecule is CCN(CC)CCCC(=O)c1c(C)[nH]c(/C=C2\C(=O)Nc3ccc(-c4cnn(-c5ncccn5)c4)cc32)c1C. The van der Waals surface area contributed by atoms with Gasteiger partial charge in [-0.15, -0.1) is 0 Å². The van der Waals surface area contributed by atoms with Gasteiger partial charge in [0.25, 0.3) is 5.91 Å². The van der Waals surface area contributed by atoms with Crippen molar-refractivity contribution in [2.24, 2.45) is 0 Å². The number of nitrogens with zero attached hydrogens (tertiary/aromatic N) is 5. The van der Waals surface area contributed by atoms with E-state index in [1.807, 2.05) is 44.3 Å². The third-order valence-corrected chi connectivity index (χ3v) is 7.29. The number of H-pyrrole nitrogens is 1. The van der Waals surface area contributed by atoms with Gasteiger partial charge in [-0.25, -0.2) is 14.6 Å². The predicted molar refractivity (Wildman–Crippen MR) is 153 cm³/mol. The Morgan fingerprint density at radius 2 is 1.87 bits per heavy atom. The van der Waals surface area contributed by atoms with Crippen molar-refractivity contribution in [3.63, 3.8) is 0 Å². The number of ketones is 1. The molecule has 1 aliphatic rings. The van der Waals surface area contributed by atoms with Crippen molar-refractivity contribution in [3.8, 4) is 17.1 Å². The summed E-state index contributed by atoms with van der Waals surface area (Å²) in [5.74, 6) is 0.448. The number of carbonyl (C=O) groups excluding carboxylic acids is 2. The van der Waals surface area contributed by atoms with Crippen LogP contribution < -0.4 is 5.32 Å². The molecule has 0 saturated carbocycles. The zero-order valence-corrected chi connectivity index (χ0v) is 22.8. The molecule has 4 heterocycles. The number of amides is 1. The number of carbonyl (C=O) groups is 2. The van der Waals surface area contributed by atoms with Crippen molar-refractivity contribution in [1.82, 2.24) is 29.6 Å². The fourth-order valence-electron chi connectivity index (χ4n) is 5.11. The second-order valence-corrected chi connectivity index (χ2v) is 9.71. The van der Waals surface area contributed by atoms with Crippen LogP contribution in [0.5, 0.6) is 0 Å². The number of Topliss-reactive ketones (excluding diaryl/α,β-unsaturated/α-hetero) is 1. The van der Waals surface area contributed by atoms with E-state index in [1.54, 1.807) is 29.3 Å². The lowest BCUT2D eigenvalue weighted by atomic mass is 9.98. The molecule has 0 bridgehead atoms. The van der Waals surface area contributed by atoms with Gasteiger partial charge in [0, 0.05) is 58.8 Å². The summed E-state index contributed by atoms with van der Waals surface area (Å²) in [4.78, 5) is 40.2. The van der Waals surface area contributed by atoms with Gasteiger partial charge in [-0.1, -0.05) is 19.9 Å². The molecule has 200 valence electrons. The Labute approximate surface area is 228 Å². The van der Waals surface area contributed by atoms with Gasteiger partial charge in [0.05, 0.1) is 11.8 Å². The van der Waals surface area contributed by atoms with Gasteiger partial charge in [-0.3, -0.25) is 9.59 Å². The van der Waals surface area contributed by atoms with Crippen LogP contribution in [0.25, 0.3) is 28.7 Å². The molecule has 39 heavy (non-hydrogen) atoms. The van der Waals surface area contributed by atoms with Crippen LogP contribution >= 0.6 is 0 Å². The van der Waals surface area contributed by atoms with Crippen LogP contribution in [-0.2, 0) is 4.79 Å². The Hall–Kier alpha value is -4.37. The van der Waals surface area contributed by atoms with E-state index in [2.05, 4.69) is 44.1 Å². The largest absolute Gasteiger partial charge is 0.358 e. The Bertz CT molecular complexity index is 1540. The van der Waals surface area contributed by atoms with E-state index >= 15 is 0 Å². The minimum atomic E-state index is -0.172. The average Bonchev–Trinajstić information content (AvgIpc) is 3.63. The van der Waals surface area contributed by atoms with Gasteiger partial charge in [0.1, 0.15) is 0 Å². The molecule has 3 aromatic heterocycles. The van der Waals surface area contributed by atoms with Gasteiger partial charge in [-0.05, 0) is 75.3 Å². The standard InChI is InChI=1S/C30H33N7O2/c1-5-36(6-2)14-7-9-27(38)28-19(3)26(34-20(28)4)16-24-23-15-21(10-11-25(23)35-29(24)39)22-17-33-37(18-22)30-31-12-8-13-32-30/h8,10-13,15-18,34H,5-7,9,14H2,1-4H3,(H,35,39)/b24-16-. The average molecular weight is 524 g/mol. The van der Waals surface area contributed by atoms with Gasteiger partial charge in [0.2, 0.25) is 5.95 Å². The maximum atomic E-state index is 13.1. The summed E-state index contributed by atoms with van der Waals surface area (Å²) in [5, 5.41) is 7.35. The zero-order chi connectivity index (χ0) is 27.5. The summed E-state index contributed by atoms with van der Waals surface area (Å²) < 4.78 is 1.62. The first kappa shape index (κ1) is 26.2. The van der Waals surface area contributed by atoms with Gasteiger partial charge >= 0.3 is 0 Å². The molecule has 4 aromatic rings. The molecular weight excluding hydrogens is 490 g/mol. The van der Waals surface area contributed by atoms with Crippen molar-refractivity contribution >= 4 is 29.0 Å². The lowest BCUT2D eigenvalue weighted by Crippen LogP contribution is -2.24. The molecule has 9 heteroatoms. The number of hydrogen-bond acceptors (Lipinski definition) is 6. The fraction of sp³-hybridized carbons (Fsp3) is 0.300. The van der Waals surface area contributed by atoms with Crippen molar-refractivity contribution in [2.45, 2.75) is 40.5 Å². The van der Waals surface area contributed by atoms with Gasteiger partial charge in [-0.2, -0.15) is 5.10 Å². The molecule has 0 aliphatic carbocycles. The van der Waals surface area contributed by atoms with Crippen LogP contribution in [0.1, 0.15) is 59.6 Å². The second-order valence-electron chi connectivity index (χ2n) is 9.71. The van der Waals surface area contributed by atoms with E-state index in [4.69, 9.17) is 0 Å². The number of fused-ring (bicyclic) bond motifs is 1. The number of benzene rings is 1. The Morgan fingerprint density at radius 1 is 1.10 bits per heavy atom.